The van der Waals surface area contributed by atoms with Crippen LogP contribution < -0.4 is 9.44 Å². The second kappa shape index (κ2) is 5.92. The van der Waals surface area contributed by atoms with Crippen LogP contribution in [0.25, 0.3) is 0 Å². The summed E-state index contributed by atoms with van der Waals surface area (Å²) in [6, 6.07) is 5.30. The van der Waals surface area contributed by atoms with Gasteiger partial charge in [0.2, 0.25) is 20.0 Å². The van der Waals surface area contributed by atoms with Crippen LogP contribution in [0.1, 0.15) is 41.5 Å². The highest BCUT2D eigenvalue weighted by Crippen LogP contribution is 2.19. The molecule has 126 valence electrons. The molecule has 1 aromatic rings. The van der Waals surface area contributed by atoms with Gasteiger partial charge in [0.25, 0.3) is 0 Å². The van der Waals surface area contributed by atoms with E-state index in [-0.39, 0.29) is 9.79 Å². The maximum atomic E-state index is 12.3. The van der Waals surface area contributed by atoms with Crippen molar-refractivity contribution in [2.75, 3.05) is 0 Å². The van der Waals surface area contributed by atoms with Gasteiger partial charge in [0.05, 0.1) is 9.79 Å². The Kier molecular flexibility index (Phi) is 5.13. The van der Waals surface area contributed by atoms with Crippen molar-refractivity contribution in [3.63, 3.8) is 0 Å². The fraction of sp³-hybridized carbons (Fsp3) is 0.571. The monoisotopic (exact) mass is 348 g/mol. The smallest absolute Gasteiger partial charge is 0.207 e. The van der Waals surface area contributed by atoms with Crippen molar-refractivity contribution in [3.05, 3.63) is 24.3 Å². The van der Waals surface area contributed by atoms with Gasteiger partial charge in [-0.05, 0) is 59.7 Å². The number of hydrogen-bond donors (Lipinski definition) is 2. The summed E-state index contributed by atoms with van der Waals surface area (Å²) in [5.41, 5.74) is -1.31. The number of sulfonamides is 2. The highest BCUT2D eigenvalue weighted by molar-refractivity contribution is 7.90. The molecule has 0 spiro atoms. The molecule has 2 N–H and O–H groups in total. The van der Waals surface area contributed by atoms with Crippen molar-refractivity contribution < 1.29 is 16.8 Å². The van der Waals surface area contributed by atoms with E-state index in [1.54, 1.807) is 41.5 Å². The number of benzene rings is 1. The molecule has 6 nitrogen and oxygen atoms in total. The quantitative estimate of drug-likeness (QED) is 0.868. The van der Waals surface area contributed by atoms with Crippen LogP contribution in [-0.4, -0.2) is 27.9 Å². The first-order valence-electron chi connectivity index (χ1n) is 6.80. The van der Waals surface area contributed by atoms with E-state index in [9.17, 15) is 16.8 Å². The van der Waals surface area contributed by atoms with E-state index in [0.29, 0.717) is 0 Å². The van der Waals surface area contributed by atoms with Gasteiger partial charge in [-0.15, -0.1) is 0 Å². The highest BCUT2D eigenvalue weighted by Gasteiger charge is 2.26. The zero-order chi connectivity index (χ0) is 17.4. The first-order valence-corrected chi connectivity index (χ1v) is 9.77. The molecule has 0 atom stereocenters. The van der Waals surface area contributed by atoms with Crippen LogP contribution in [0.5, 0.6) is 0 Å². The molecule has 0 radical (unpaired) electrons. The highest BCUT2D eigenvalue weighted by atomic mass is 32.2. The summed E-state index contributed by atoms with van der Waals surface area (Å²) in [6.07, 6.45) is 0. The topological polar surface area (TPSA) is 92.3 Å². The number of nitrogens with one attached hydrogen (secondary N) is 2. The zero-order valence-electron chi connectivity index (χ0n) is 13.8. The summed E-state index contributed by atoms with van der Waals surface area (Å²) in [6.45, 7) is 10.3. The van der Waals surface area contributed by atoms with E-state index >= 15 is 0 Å². The van der Waals surface area contributed by atoms with Crippen molar-refractivity contribution in [1.82, 2.24) is 9.44 Å². The molecule has 0 unspecified atom stereocenters. The third-order valence-corrected chi connectivity index (χ3v) is 5.82. The lowest BCUT2D eigenvalue weighted by atomic mass is 10.1. The van der Waals surface area contributed by atoms with Crippen LogP contribution in [0.2, 0.25) is 0 Å². The van der Waals surface area contributed by atoms with Crippen molar-refractivity contribution in [2.24, 2.45) is 0 Å². The van der Waals surface area contributed by atoms with Gasteiger partial charge in [0, 0.05) is 11.1 Å². The van der Waals surface area contributed by atoms with Crippen LogP contribution in [0, 0.1) is 0 Å². The average molecular weight is 348 g/mol. The van der Waals surface area contributed by atoms with E-state index in [2.05, 4.69) is 9.44 Å². The van der Waals surface area contributed by atoms with E-state index < -0.39 is 31.1 Å². The first kappa shape index (κ1) is 19.1. The lowest BCUT2D eigenvalue weighted by Crippen LogP contribution is -2.41. The molecule has 0 aliphatic rings. The van der Waals surface area contributed by atoms with Gasteiger partial charge in [-0.1, -0.05) is 6.07 Å². The first-order chi connectivity index (χ1) is 9.62. The number of hydrogen-bond acceptors (Lipinski definition) is 4. The fourth-order valence-corrected chi connectivity index (χ4v) is 4.73. The molecule has 0 saturated carbocycles. The van der Waals surface area contributed by atoms with E-state index in [4.69, 9.17) is 0 Å². The summed E-state index contributed by atoms with van der Waals surface area (Å²) in [5, 5.41) is 0. The third-order valence-electron chi connectivity index (χ3n) is 2.31. The molecule has 0 aliphatic heterocycles. The summed E-state index contributed by atoms with van der Waals surface area (Å²) >= 11 is 0. The molecule has 0 heterocycles. The van der Waals surface area contributed by atoms with E-state index in [1.165, 1.54) is 18.2 Å². The molecular formula is C14H24N2O4S2. The zero-order valence-corrected chi connectivity index (χ0v) is 15.4. The predicted molar refractivity (Wildman–Crippen MR) is 86.6 cm³/mol. The average Bonchev–Trinajstić information content (AvgIpc) is 2.22. The summed E-state index contributed by atoms with van der Waals surface area (Å²) < 4.78 is 54.1. The molecule has 0 aliphatic carbocycles. The third kappa shape index (κ3) is 5.68. The minimum Gasteiger partial charge on any atom is -0.207 e. The van der Waals surface area contributed by atoms with Crippen molar-refractivity contribution >= 4 is 20.0 Å². The SMILES string of the molecule is CC(C)(C)NS(=O)(=O)c1cccc(S(=O)(=O)NC(C)(C)C)c1. The summed E-state index contributed by atoms with van der Waals surface area (Å²) in [5.74, 6) is 0. The number of rotatable bonds is 4. The van der Waals surface area contributed by atoms with Crippen LogP contribution in [0.3, 0.4) is 0 Å². The van der Waals surface area contributed by atoms with Crippen molar-refractivity contribution in [2.45, 2.75) is 62.4 Å². The second-order valence-corrected chi connectivity index (χ2v) is 10.6. The molecule has 0 saturated heterocycles. The predicted octanol–water partition coefficient (Wildman–Crippen LogP) is 1.84. The van der Waals surface area contributed by atoms with Crippen LogP contribution in [0.4, 0.5) is 0 Å². The van der Waals surface area contributed by atoms with Gasteiger partial charge in [-0.3, -0.25) is 0 Å². The van der Waals surface area contributed by atoms with Crippen molar-refractivity contribution in [3.8, 4) is 0 Å². The Morgan fingerprint density at radius 3 is 1.32 bits per heavy atom. The Morgan fingerprint density at radius 2 is 1.05 bits per heavy atom. The van der Waals surface area contributed by atoms with Gasteiger partial charge in [0.1, 0.15) is 0 Å². The van der Waals surface area contributed by atoms with E-state index in [1.807, 2.05) is 0 Å². The maximum Gasteiger partial charge on any atom is 0.241 e. The Bertz CT molecular complexity index is 679. The minimum absolute atomic E-state index is 0.0841. The Morgan fingerprint density at radius 1 is 0.727 bits per heavy atom. The second-order valence-electron chi connectivity index (χ2n) is 7.19. The summed E-state index contributed by atoms with van der Waals surface area (Å²) in [4.78, 5) is -0.168. The molecule has 0 amide bonds. The van der Waals surface area contributed by atoms with Gasteiger partial charge in [-0.25, -0.2) is 26.3 Å². The normalized spacial score (nSPS) is 14.1. The molecule has 1 aromatic carbocycles. The Labute approximate surface area is 133 Å². The lowest BCUT2D eigenvalue weighted by Gasteiger charge is -2.22. The molecule has 0 aromatic heterocycles. The van der Waals surface area contributed by atoms with Gasteiger partial charge >= 0.3 is 0 Å². The molecule has 0 bridgehead atoms. The van der Waals surface area contributed by atoms with Crippen LogP contribution in [0.15, 0.2) is 34.1 Å². The van der Waals surface area contributed by atoms with Gasteiger partial charge in [0.15, 0.2) is 0 Å². The Hall–Kier alpha value is -0.960. The minimum atomic E-state index is -3.79. The molecule has 22 heavy (non-hydrogen) atoms. The fourth-order valence-electron chi connectivity index (χ4n) is 1.73. The van der Waals surface area contributed by atoms with Gasteiger partial charge in [-0.2, -0.15) is 0 Å². The molecule has 8 heteroatoms. The molecular weight excluding hydrogens is 324 g/mol. The van der Waals surface area contributed by atoms with Crippen LogP contribution >= 0.6 is 0 Å². The van der Waals surface area contributed by atoms with Gasteiger partial charge < -0.3 is 0 Å². The summed E-state index contributed by atoms with van der Waals surface area (Å²) in [7, 11) is -7.57. The maximum absolute atomic E-state index is 12.3. The van der Waals surface area contributed by atoms with Crippen molar-refractivity contribution in [1.29, 1.82) is 0 Å². The lowest BCUT2D eigenvalue weighted by molar-refractivity contribution is 0.491. The Balaban J connectivity index is 3.26. The van der Waals surface area contributed by atoms with Crippen LogP contribution in [-0.2, 0) is 20.0 Å². The molecule has 1 rings (SSSR count). The molecule has 0 fully saturated rings. The largest absolute Gasteiger partial charge is 0.241 e. The van der Waals surface area contributed by atoms with E-state index in [0.717, 1.165) is 6.07 Å². The standard InChI is InChI=1S/C14H24N2O4S2/c1-13(2,3)15-21(17,18)11-8-7-9-12(10-11)22(19,20)16-14(4,5)6/h7-10,15-16H,1-6H3.